The van der Waals surface area contributed by atoms with E-state index >= 15 is 0 Å². The summed E-state index contributed by atoms with van der Waals surface area (Å²) < 4.78 is 44.5. The van der Waals surface area contributed by atoms with Crippen LogP contribution in [0.5, 0.6) is 0 Å². The molecular weight excluding hydrogens is 411 g/mol. The molecule has 6 nitrogen and oxygen atoms in total. The predicted molar refractivity (Wildman–Crippen MR) is 110 cm³/mol. The lowest BCUT2D eigenvalue weighted by atomic mass is 10.2. The topological polar surface area (TPSA) is 73.8 Å². The third-order valence-corrected chi connectivity index (χ3v) is 4.98. The molecule has 0 radical (unpaired) electrons. The van der Waals surface area contributed by atoms with Gasteiger partial charge >= 0.3 is 6.09 Å². The molecule has 2 aliphatic carbocycles. The van der Waals surface area contributed by atoms with E-state index in [-0.39, 0.29) is 24.5 Å². The minimum atomic E-state index is -2.95. The Kier molecular flexibility index (Phi) is 5.97. The summed E-state index contributed by atoms with van der Waals surface area (Å²) >= 11 is 0. The van der Waals surface area contributed by atoms with Gasteiger partial charge in [-0.15, -0.1) is 0 Å². The third kappa shape index (κ3) is 4.73. The molecule has 31 heavy (non-hydrogen) atoms. The second-order valence-electron chi connectivity index (χ2n) is 7.15. The van der Waals surface area contributed by atoms with E-state index in [1.54, 1.807) is 6.07 Å². The van der Waals surface area contributed by atoms with Gasteiger partial charge in [0.25, 0.3) is 6.43 Å². The molecule has 0 spiro atoms. The highest BCUT2D eigenvalue weighted by Gasteiger charge is 2.33. The lowest BCUT2D eigenvalue weighted by molar-refractivity contribution is -0.0286. The fourth-order valence-corrected chi connectivity index (χ4v) is 3.36. The number of aliphatic hydroxyl groups is 1. The molecule has 1 fully saturated rings. The van der Waals surface area contributed by atoms with E-state index in [4.69, 9.17) is 9.84 Å². The first-order valence-electron chi connectivity index (χ1n) is 9.64. The molecule has 4 rings (SSSR count). The number of hydrogen-bond acceptors (Lipinski definition) is 5. The number of hydrogen-bond donors (Lipinski definition) is 3. The van der Waals surface area contributed by atoms with E-state index in [1.165, 1.54) is 17.0 Å². The Morgan fingerprint density at radius 3 is 2.45 bits per heavy atom. The molecule has 9 heteroatoms. The minimum absolute atomic E-state index is 0.0398. The summed E-state index contributed by atoms with van der Waals surface area (Å²) in [5.41, 5.74) is 3.36. The summed E-state index contributed by atoms with van der Waals surface area (Å²) in [6.07, 6.45) is -6.43. The number of alkyl halides is 2. The fourth-order valence-electron chi connectivity index (χ4n) is 3.36. The van der Waals surface area contributed by atoms with Crippen LogP contribution < -0.4 is 15.5 Å². The molecule has 2 atom stereocenters. The van der Waals surface area contributed by atoms with E-state index in [1.807, 2.05) is 42.5 Å². The highest BCUT2D eigenvalue weighted by Crippen LogP contribution is 2.29. The lowest BCUT2D eigenvalue weighted by Gasteiger charge is -2.16. The number of halogens is 3. The minimum Gasteiger partial charge on any atom is -0.443 e. The first kappa shape index (κ1) is 21.0. The van der Waals surface area contributed by atoms with Crippen LogP contribution in [0, 0.1) is 5.82 Å². The van der Waals surface area contributed by atoms with Gasteiger partial charge in [0.15, 0.2) is 6.23 Å². The fraction of sp³-hybridized carbons (Fsp3) is 0.227. The molecule has 1 amide bonds. The highest BCUT2D eigenvalue weighted by atomic mass is 19.3. The summed E-state index contributed by atoms with van der Waals surface area (Å²) in [5, 5.41) is 14.3. The van der Waals surface area contributed by atoms with Gasteiger partial charge in [-0.05, 0) is 41.5 Å². The Labute approximate surface area is 176 Å². The van der Waals surface area contributed by atoms with Crippen molar-refractivity contribution >= 4 is 23.2 Å². The van der Waals surface area contributed by atoms with Crippen molar-refractivity contribution < 1.29 is 27.8 Å². The van der Waals surface area contributed by atoms with Crippen LogP contribution in [0.2, 0.25) is 0 Å². The molecule has 3 aliphatic rings. The maximum atomic E-state index is 14.7. The number of aliphatic hydroxyl groups excluding tert-OH is 1. The van der Waals surface area contributed by atoms with Gasteiger partial charge in [-0.3, -0.25) is 10.2 Å². The average molecular weight is 431 g/mol. The maximum Gasteiger partial charge on any atom is 0.414 e. The Hall–Kier alpha value is -3.30. The molecule has 1 heterocycles. The maximum absolute atomic E-state index is 14.7. The molecule has 162 valence electrons. The summed E-state index contributed by atoms with van der Waals surface area (Å²) in [6.45, 7) is -0.115. The number of anilines is 3. The second-order valence-corrected chi connectivity index (χ2v) is 7.15. The number of cyclic esters (lactones) is 1. The molecule has 0 bridgehead atoms. The first-order valence-corrected chi connectivity index (χ1v) is 9.64. The van der Waals surface area contributed by atoms with Gasteiger partial charge < -0.3 is 15.2 Å². The van der Waals surface area contributed by atoms with Crippen molar-refractivity contribution in [2.75, 3.05) is 23.3 Å². The molecule has 1 aliphatic heterocycles. The van der Waals surface area contributed by atoms with Crippen molar-refractivity contribution in [2.24, 2.45) is 0 Å². The van der Waals surface area contributed by atoms with Crippen LogP contribution in [-0.2, 0) is 4.74 Å². The van der Waals surface area contributed by atoms with Gasteiger partial charge in [0.1, 0.15) is 11.9 Å². The van der Waals surface area contributed by atoms with Gasteiger partial charge in [-0.25, -0.2) is 18.0 Å². The molecule has 0 saturated carbocycles. The van der Waals surface area contributed by atoms with Gasteiger partial charge in [-0.1, -0.05) is 30.3 Å². The first-order chi connectivity index (χ1) is 14.9. The third-order valence-electron chi connectivity index (χ3n) is 4.98. The van der Waals surface area contributed by atoms with Crippen molar-refractivity contribution in [3.8, 4) is 11.1 Å². The molecule has 1 aromatic rings. The molecule has 1 aromatic carbocycles. The molecule has 0 aromatic heterocycles. The molecule has 1 saturated heterocycles. The van der Waals surface area contributed by atoms with E-state index in [2.05, 4.69) is 10.6 Å². The SMILES string of the molecule is O=C1OC(CNC(O)C(F)F)CN1c1ccc(Nc2ccc3cccc-3cc2)c(F)c1. The van der Waals surface area contributed by atoms with Crippen LogP contribution in [0.4, 0.5) is 35.0 Å². The van der Waals surface area contributed by atoms with Gasteiger partial charge in [0, 0.05) is 12.2 Å². The van der Waals surface area contributed by atoms with E-state index < -0.39 is 30.7 Å². The summed E-state index contributed by atoms with van der Waals surface area (Å²) in [7, 11) is 0. The zero-order valence-electron chi connectivity index (χ0n) is 16.3. The van der Waals surface area contributed by atoms with Crippen molar-refractivity contribution in [1.82, 2.24) is 5.32 Å². The van der Waals surface area contributed by atoms with Crippen LogP contribution in [0.3, 0.4) is 0 Å². The Balaban J connectivity index is 1.43. The van der Waals surface area contributed by atoms with Crippen molar-refractivity contribution in [3.05, 3.63) is 66.5 Å². The second kappa shape index (κ2) is 8.83. The smallest absolute Gasteiger partial charge is 0.414 e. The van der Waals surface area contributed by atoms with E-state index in [9.17, 15) is 18.0 Å². The van der Waals surface area contributed by atoms with Crippen LogP contribution >= 0.6 is 0 Å². The Morgan fingerprint density at radius 1 is 1.10 bits per heavy atom. The summed E-state index contributed by atoms with van der Waals surface area (Å²) in [6, 6.07) is 17.8. The zero-order valence-corrected chi connectivity index (χ0v) is 16.3. The van der Waals surface area contributed by atoms with Crippen molar-refractivity contribution in [1.29, 1.82) is 0 Å². The zero-order chi connectivity index (χ0) is 22.0. The number of ether oxygens (including phenoxy) is 1. The number of nitrogens with zero attached hydrogens (tertiary/aromatic N) is 1. The molecule has 2 unspecified atom stereocenters. The average Bonchev–Trinajstić information content (AvgIpc) is 3.30. The van der Waals surface area contributed by atoms with Crippen molar-refractivity contribution in [3.63, 3.8) is 0 Å². The van der Waals surface area contributed by atoms with Crippen LogP contribution in [0.25, 0.3) is 11.1 Å². The monoisotopic (exact) mass is 431 g/mol. The number of rotatable bonds is 7. The van der Waals surface area contributed by atoms with E-state index in [0.717, 1.165) is 11.1 Å². The van der Waals surface area contributed by atoms with Crippen LogP contribution in [0.15, 0.2) is 60.7 Å². The predicted octanol–water partition coefficient (Wildman–Crippen LogP) is 4.17. The van der Waals surface area contributed by atoms with E-state index in [0.29, 0.717) is 5.69 Å². The van der Waals surface area contributed by atoms with Crippen LogP contribution in [-0.4, -0.2) is 43.0 Å². The number of nitrogens with one attached hydrogen (secondary N) is 2. The van der Waals surface area contributed by atoms with Gasteiger partial charge in [0.2, 0.25) is 0 Å². The number of benzene rings is 1. The van der Waals surface area contributed by atoms with Gasteiger partial charge in [-0.2, -0.15) is 0 Å². The highest BCUT2D eigenvalue weighted by molar-refractivity contribution is 5.90. The summed E-state index contributed by atoms with van der Waals surface area (Å²) in [5.74, 6) is -0.564. The number of carbonyl (C=O) groups is 1. The number of carbonyl (C=O) groups excluding carboxylic acids is 1. The van der Waals surface area contributed by atoms with Crippen LogP contribution in [0.1, 0.15) is 0 Å². The normalized spacial score (nSPS) is 17.3. The summed E-state index contributed by atoms with van der Waals surface area (Å²) in [4.78, 5) is 13.3. The van der Waals surface area contributed by atoms with Gasteiger partial charge in [0.05, 0.1) is 17.9 Å². The largest absolute Gasteiger partial charge is 0.443 e. The Bertz CT molecular complexity index is 1020. The number of fused-ring (bicyclic) bond motifs is 1. The molecule has 3 N–H and O–H groups in total. The molecular formula is C22H20F3N3O3. The quantitative estimate of drug-likeness (QED) is 0.490. The number of amides is 1. The Morgan fingerprint density at radius 2 is 1.81 bits per heavy atom. The standard InChI is InChI=1S/C22H20F3N3O3/c23-18-10-16(28-12-17(31-22(28)30)11-26-21(29)20(24)25)8-9-19(18)27-15-6-4-13-2-1-3-14(13)5-7-15/h1-10,17,20-21,26-27,29H,11-12H2. The lowest BCUT2D eigenvalue weighted by Crippen LogP contribution is -2.41. The van der Waals surface area contributed by atoms with Crippen molar-refractivity contribution in [2.45, 2.75) is 18.8 Å².